The monoisotopic (exact) mass is 758 g/mol. The molecule has 3 aromatic heterocycles. The maximum absolute atomic E-state index is 10.7. The van der Waals surface area contributed by atoms with Gasteiger partial charge >= 0.3 is 66.0 Å². The summed E-state index contributed by atoms with van der Waals surface area (Å²) in [5.74, 6) is 3.22. The summed E-state index contributed by atoms with van der Waals surface area (Å²) >= 11 is 0. The number of imidazole rings is 2. The van der Waals surface area contributed by atoms with Crippen molar-refractivity contribution in [2.24, 2.45) is 14.1 Å². The Morgan fingerprint density at radius 3 is 1.10 bits per heavy atom. The van der Waals surface area contributed by atoms with Gasteiger partial charge in [0, 0.05) is 23.5 Å². The van der Waals surface area contributed by atoms with Crippen molar-refractivity contribution in [2.45, 2.75) is 0 Å². The van der Waals surface area contributed by atoms with E-state index < -0.39 is 15.6 Å². The number of benzene rings is 2. The molecule has 0 fully saturated rings. The summed E-state index contributed by atoms with van der Waals surface area (Å²) in [5.41, 5.74) is 2.96. The van der Waals surface area contributed by atoms with E-state index in [0.717, 1.165) is 40.2 Å². The van der Waals surface area contributed by atoms with Gasteiger partial charge in [0.05, 0.1) is 46.4 Å². The summed E-state index contributed by atoms with van der Waals surface area (Å²) < 4.78 is 137. The molecule has 2 aromatic carbocycles. The number of halogens is 12. The fourth-order valence-electron chi connectivity index (χ4n) is 3.96. The Balaban J connectivity index is 0.000000392. The van der Waals surface area contributed by atoms with E-state index in [1.165, 1.54) is 0 Å². The van der Waals surface area contributed by atoms with Crippen LogP contribution in [-0.4, -0.2) is 28.3 Å². The van der Waals surface area contributed by atoms with Gasteiger partial charge in [0.25, 0.3) is 11.6 Å². The first-order chi connectivity index (χ1) is 21.9. The molecule has 272 valence electrons. The van der Waals surface area contributed by atoms with Crippen LogP contribution in [0.25, 0.3) is 11.6 Å². The van der Waals surface area contributed by atoms with E-state index in [4.69, 9.17) is 14.5 Å². The molecule has 0 saturated carbocycles. The number of aromatic nitrogens is 5. The van der Waals surface area contributed by atoms with Gasteiger partial charge in [-0.1, -0.05) is 4.98 Å². The first-order valence-corrected chi connectivity index (χ1v) is 17.3. The first-order valence-electron chi connectivity index (χ1n) is 13.2. The summed E-state index contributed by atoms with van der Waals surface area (Å²) in [4.78, 5) is 7.15. The summed E-state index contributed by atoms with van der Waals surface area (Å²) in [6.45, 7) is 0. The minimum atomic E-state index is -10.7. The molecule has 0 bridgehead atoms. The number of aryl methyl sites for hydroxylation is 2. The van der Waals surface area contributed by atoms with Crippen LogP contribution < -0.4 is 23.5 Å². The Morgan fingerprint density at radius 1 is 0.551 bits per heavy atom. The molecule has 0 saturated heterocycles. The van der Waals surface area contributed by atoms with Gasteiger partial charge < -0.3 is 14.4 Å². The Kier molecular flexibility index (Phi) is 9.59. The van der Waals surface area contributed by atoms with Gasteiger partial charge in [-0.3, -0.25) is 9.13 Å². The van der Waals surface area contributed by atoms with Crippen molar-refractivity contribution in [2.75, 3.05) is 19.1 Å². The standard InChI is InChI=1S/C27H28N6O2.2F6P/c1-29-13-15-31(19-29)26-17-23(18-27(28-26)32-16-14-30(2)20-32)33(21-5-9-24(34-3)10-6-21)22-7-11-25(35-4)12-8-22;2*1-7(2,3,4,5)6/h5-20H,1-4H3;;/q+2;2*-1. The van der Waals surface area contributed by atoms with Gasteiger partial charge in [0.2, 0.25) is 0 Å². The number of hydrogen-bond acceptors (Lipinski definition) is 4. The van der Waals surface area contributed by atoms with Crippen LogP contribution in [0.15, 0.2) is 98.1 Å². The molecule has 5 aromatic rings. The van der Waals surface area contributed by atoms with Crippen LogP contribution in [-0.2, 0) is 14.1 Å². The second-order valence-electron chi connectivity index (χ2n) is 10.2. The average Bonchev–Trinajstić information content (AvgIpc) is 3.58. The Hall–Kier alpha value is -4.57. The molecule has 0 aliphatic carbocycles. The first kappa shape index (κ1) is 38.9. The Labute approximate surface area is 270 Å². The molecular formula is C27H28F12N6O2P2. The zero-order valence-electron chi connectivity index (χ0n) is 25.7. The molecule has 8 nitrogen and oxygen atoms in total. The van der Waals surface area contributed by atoms with Crippen LogP contribution >= 0.6 is 15.6 Å². The van der Waals surface area contributed by atoms with Crippen molar-refractivity contribution >= 4 is 32.7 Å². The van der Waals surface area contributed by atoms with E-state index >= 15 is 0 Å². The predicted molar refractivity (Wildman–Crippen MR) is 160 cm³/mol. The quantitative estimate of drug-likeness (QED) is 0.0942. The topological polar surface area (TPSA) is 52.2 Å². The molecule has 22 heteroatoms. The van der Waals surface area contributed by atoms with Crippen molar-refractivity contribution in [1.29, 1.82) is 0 Å². The summed E-state index contributed by atoms with van der Waals surface area (Å²) in [6.07, 6.45) is 12.0. The van der Waals surface area contributed by atoms with Gasteiger partial charge in [-0.2, -0.15) is 0 Å². The van der Waals surface area contributed by atoms with E-state index in [9.17, 15) is 50.4 Å². The zero-order valence-corrected chi connectivity index (χ0v) is 27.5. The van der Waals surface area contributed by atoms with Crippen molar-refractivity contribution in [1.82, 2.24) is 14.1 Å². The van der Waals surface area contributed by atoms with E-state index in [0.29, 0.717) is 0 Å². The van der Waals surface area contributed by atoms with E-state index in [1.54, 1.807) is 14.2 Å². The molecule has 0 amide bonds. The van der Waals surface area contributed by atoms with Crippen molar-refractivity contribution < 1.29 is 69.0 Å². The van der Waals surface area contributed by atoms with Gasteiger partial charge in [-0.05, 0) is 48.5 Å². The molecular weight excluding hydrogens is 730 g/mol. The fraction of sp³-hybridized carbons (Fsp3) is 0.148. The van der Waals surface area contributed by atoms with Crippen LogP contribution in [0.1, 0.15) is 0 Å². The molecule has 0 aliphatic rings. The number of hydrogen-bond donors (Lipinski definition) is 0. The van der Waals surface area contributed by atoms with Crippen LogP contribution in [0, 0.1) is 0 Å². The van der Waals surface area contributed by atoms with Crippen LogP contribution in [0.5, 0.6) is 11.5 Å². The molecule has 0 radical (unpaired) electrons. The van der Waals surface area contributed by atoms with Gasteiger partial charge in [-0.15, -0.1) is 0 Å². The minimum absolute atomic E-state index is 0.805. The summed E-state index contributed by atoms with van der Waals surface area (Å²) in [7, 11) is -14.0. The van der Waals surface area contributed by atoms with E-state index in [2.05, 4.69) is 17.0 Å². The van der Waals surface area contributed by atoms with Gasteiger partial charge in [0.1, 0.15) is 23.9 Å². The van der Waals surface area contributed by atoms with Crippen molar-refractivity contribution in [3.8, 4) is 23.1 Å². The number of methoxy groups -OCH3 is 2. The molecule has 0 spiro atoms. The predicted octanol–water partition coefficient (Wildman–Crippen LogP) is 10.6. The molecule has 0 unspecified atom stereocenters. The van der Waals surface area contributed by atoms with Crippen LogP contribution in [0.3, 0.4) is 0 Å². The Bertz CT molecular complexity index is 1740. The van der Waals surface area contributed by atoms with Crippen LogP contribution in [0.2, 0.25) is 0 Å². The molecule has 0 N–H and O–H groups in total. The van der Waals surface area contributed by atoms with E-state index in [-0.39, 0.29) is 0 Å². The van der Waals surface area contributed by atoms with Crippen molar-refractivity contribution in [3.05, 3.63) is 98.1 Å². The number of pyridine rings is 1. The second kappa shape index (κ2) is 12.1. The zero-order chi connectivity index (χ0) is 37.2. The Morgan fingerprint density at radius 2 is 0.857 bits per heavy atom. The third kappa shape index (κ3) is 15.5. The van der Waals surface area contributed by atoms with Gasteiger partial charge in [0.15, 0.2) is 12.7 Å². The molecule has 0 aliphatic heterocycles. The summed E-state index contributed by atoms with van der Waals surface area (Å²) in [5, 5.41) is 0. The third-order valence-corrected chi connectivity index (χ3v) is 5.77. The number of anilines is 3. The van der Waals surface area contributed by atoms with Crippen LogP contribution in [0.4, 0.5) is 67.4 Å². The molecule has 49 heavy (non-hydrogen) atoms. The second-order valence-corrected chi connectivity index (χ2v) is 14.0. The fourth-order valence-corrected chi connectivity index (χ4v) is 3.96. The number of nitrogens with zero attached hydrogens (tertiary/aromatic N) is 6. The third-order valence-electron chi connectivity index (χ3n) is 5.77. The van der Waals surface area contributed by atoms with Crippen molar-refractivity contribution in [3.63, 3.8) is 0 Å². The molecule has 3 heterocycles. The normalized spacial score (nSPS) is 14.4. The molecule has 5 rings (SSSR count). The maximum atomic E-state index is 9.87. The number of ether oxygens (including phenoxy) is 2. The van der Waals surface area contributed by atoms with E-state index in [1.807, 2.05) is 118 Å². The SMILES string of the molecule is COc1ccc(N(c2ccc(OC)cc2)c2cc(-[n+]3ccn(C)c3)nc(-[n+]3ccn(C)c3)c2)cc1.F[P-](F)(F)(F)(F)F.F[P-](F)(F)(F)(F)F. The summed E-state index contributed by atoms with van der Waals surface area (Å²) in [6, 6.07) is 20.2. The number of rotatable bonds is 7. The van der Waals surface area contributed by atoms with Gasteiger partial charge in [-0.25, -0.2) is 9.13 Å². The average molecular weight is 758 g/mol. The molecule has 0 atom stereocenters.